The number of fused-ring (bicyclic) bond motifs is 9. The molecular weight excluding hydrogens is 260 g/mol. The van der Waals surface area contributed by atoms with E-state index in [0.717, 1.165) is 48.9 Å². The van der Waals surface area contributed by atoms with Crippen molar-refractivity contribution in [1.29, 1.82) is 0 Å². The molecule has 4 aliphatic carbocycles. The molecule has 0 aromatic rings. The highest BCUT2D eigenvalue weighted by molar-refractivity contribution is 5.77. The Morgan fingerprint density at radius 1 is 1.19 bits per heavy atom. The Morgan fingerprint density at radius 2 is 1.95 bits per heavy atom. The van der Waals surface area contributed by atoms with Crippen molar-refractivity contribution < 1.29 is 9.53 Å². The number of hydrogen-bond donors (Lipinski definition) is 0. The van der Waals surface area contributed by atoms with E-state index in [-0.39, 0.29) is 11.4 Å². The van der Waals surface area contributed by atoms with Crippen molar-refractivity contribution in [1.82, 2.24) is 0 Å². The van der Waals surface area contributed by atoms with Gasteiger partial charge in [0.1, 0.15) is 0 Å². The normalized spacial score (nSPS) is 48.9. The predicted molar refractivity (Wildman–Crippen MR) is 82.5 cm³/mol. The third kappa shape index (κ3) is 1.87. The predicted octanol–water partition coefficient (Wildman–Crippen LogP) is 4.20. The lowest BCUT2D eigenvalue weighted by Gasteiger charge is -2.41. The van der Waals surface area contributed by atoms with Crippen LogP contribution in [0.15, 0.2) is 12.2 Å². The van der Waals surface area contributed by atoms with E-state index in [1.165, 1.54) is 19.3 Å². The van der Waals surface area contributed by atoms with Crippen LogP contribution in [-0.2, 0) is 9.53 Å². The molecule has 0 aromatic heterocycles. The molecule has 0 aromatic carbocycles. The van der Waals surface area contributed by atoms with E-state index in [2.05, 4.69) is 26.0 Å². The average Bonchev–Trinajstić information content (AvgIpc) is 3.20. The third-order valence-electron chi connectivity index (χ3n) is 7.10. The van der Waals surface area contributed by atoms with Gasteiger partial charge in [0.25, 0.3) is 0 Å². The zero-order valence-electron chi connectivity index (χ0n) is 13.4. The molecule has 2 nitrogen and oxygen atoms in total. The van der Waals surface area contributed by atoms with Crippen molar-refractivity contribution in [2.24, 2.45) is 40.9 Å². The van der Waals surface area contributed by atoms with Crippen molar-refractivity contribution >= 4 is 5.97 Å². The number of ether oxygens (including phenoxy) is 1. The fourth-order valence-electron chi connectivity index (χ4n) is 6.29. The van der Waals surface area contributed by atoms with Gasteiger partial charge in [-0.2, -0.15) is 0 Å². The van der Waals surface area contributed by atoms with Gasteiger partial charge in [-0.1, -0.05) is 31.9 Å². The Bertz CT molecular complexity index is 468. The topological polar surface area (TPSA) is 26.3 Å². The zero-order valence-corrected chi connectivity index (χ0v) is 13.4. The van der Waals surface area contributed by atoms with Crippen molar-refractivity contribution in [2.75, 3.05) is 6.61 Å². The molecule has 21 heavy (non-hydrogen) atoms. The summed E-state index contributed by atoms with van der Waals surface area (Å²) >= 11 is 0. The van der Waals surface area contributed by atoms with E-state index in [1.54, 1.807) is 0 Å². The lowest BCUT2D eigenvalue weighted by molar-refractivity contribution is -0.160. The Kier molecular flexibility index (Phi) is 3.20. The lowest BCUT2D eigenvalue weighted by atomic mass is 9.63. The summed E-state index contributed by atoms with van der Waals surface area (Å²) in [6.07, 6.45) is 12.0. The molecule has 0 heterocycles. The first-order valence-corrected chi connectivity index (χ1v) is 9.00. The van der Waals surface area contributed by atoms with Gasteiger partial charge in [0.05, 0.1) is 12.0 Å². The molecule has 0 radical (unpaired) electrons. The van der Waals surface area contributed by atoms with Gasteiger partial charge in [-0.3, -0.25) is 4.79 Å². The van der Waals surface area contributed by atoms with Crippen LogP contribution in [0.4, 0.5) is 0 Å². The monoisotopic (exact) mass is 288 g/mol. The van der Waals surface area contributed by atoms with Crippen molar-refractivity contribution in [3.05, 3.63) is 12.2 Å². The number of rotatable bonds is 5. The molecule has 0 amide bonds. The SMILES string of the molecule is CCCCCOC(=O)C1(C)CC2CC1C1C3C=CC(C3)C21. The molecule has 4 rings (SSSR count). The maximum absolute atomic E-state index is 12.7. The average molecular weight is 288 g/mol. The van der Waals surface area contributed by atoms with Gasteiger partial charge in [-0.05, 0) is 68.1 Å². The molecule has 7 atom stereocenters. The summed E-state index contributed by atoms with van der Waals surface area (Å²) < 4.78 is 5.66. The number of allylic oxidation sites excluding steroid dienone is 2. The van der Waals surface area contributed by atoms with Crippen LogP contribution >= 0.6 is 0 Å². The summed E-state index contributed by atoms with van der Waals surface area (Å²) in [6, 6.07) is 0. The molecule has 3 fully saturated rings. The largest absolute Gasteiger partial charge is 0.465 e. The first kappa shape index (κ1) is 13.8. The molecule has 116 valence electrons. The van der Waals surface area contributed by atoms with Gasteiger partial charge in [0.2, 0.25) is 0 Å². The highest BCUT2D eigenvalue weighted by atomic mass is 16.5. The molecule has 3 saturated carbocycles. The minimum absolute atomic E-state index is 0.108. The molecule has 4 bridgehead atoms. The first-order chi connectivity index (χ1) is 10.1. The molecular formula is C19H28O2. The van der Waals surface area contributed by atoms with Crippen LogP contribution in [-0.4, -0.2) is 12.6 Å². The van der Waals surface area contributed by atoms with E-state index in [1.807, 2.05) is 0 Å². The highest BCUT2D eigenvalue weighted by Crippen LogP contribution is 2.70. The van der Waals surface area contributed by atoms with Gasteiger partial charge in [0, 0.05) is 0 Å². The van der Waals surface area contributed by atoms with Crippen LogP contribution in [0.25, 0.3) is 0 Å². The van der Waals surface area contributed by atoms with E-state index >= 15 is 0 Å². The molecule has 0 N–H and O–H groups in total. The number of carbonyl (C=O) groups excluding carboxylic acids is 1. The Hall–Kier alpha value is -0.790. The number of carbonyl (C=O) groups is 1. The van der Waals surface area contributed by atoms with Crippen molar-refractivity contribution in [3.63, 3.8) is 0 Å². The Labute approximate surface area is 128 Å². The van der Waals surface area contributed by atoms with Crippen LogP contribution in [0.1, 0.15) is 52.4 Å². The lowest BCUT2D eigenvalue weighted by Crippen LogP contribution is -2.43. The van der Waals surface area contributed by atoms with Crippen LogP contribution < -0.4 is 0 Å². The highest BCUT2D eigenvalue weighted by Gasteiger charge is 2.66. The van der Waals surface area contributed by atoms with Crippen LogP contribution in [0, 0.1) is 40.9 Å². The van der Waals surface area contributed by atoms with Crippen LogP contribution in [0.2, 0.25) is 0 Å². The van der Waals surface area contributed by atoms with Gasteiger partial charge >= 0.3 is 5.97 Å². The molecule has 0 saturated heterocycles. The summed E-state index contributed by atoms with van der Waals surface area (Å²) in [6.45, 7) is 5.01. The smallest absolute Gasteiger partial charge is 0.312 e. The summed E-state index contributed by atoms with van der Waals surface area (Å²) in [7, 11) is 0. The van der Waals surface area contributed by atoms with E-state index in [9.17, 15) is 4.79 Å². The van der Waals surface area contributed by atoms with E-state index in [4.69, 9.17) is 4.74 Å². The van der Waals surface area contributed by atoms with Gasteiger partial charge in [-0.25, -0.2) is 0 Å². The Morgan fingerprint density at radius 3 is 2.71 bits per heavy atom. The van der Waals surface area contributed by atoms with Crippen molar-refractivity contribution in [2.45, 2.75) is 52.4 Å². The zero-order chi connectivity index (χ0) is 14.6. The summed E-state index contributed by atoms with van der Waals surface area (Å²) in [5.74, 6) is 4.76. The number of unbranched alkanes of at least 4 members (excludes halogenated alkanes) is 2. The first-order valence-electron chi connectivity index (χ1n) is 9.00. The van der Waals surface area contributed by atoms with E-state index < -0.39 is 0 Å². The summed E-state index contributed by atoms with van der Waals surface area (Å²) in [5, 5.41) is 0. The molecule has 7 unspecified atom stereocenters. The number of hydrogen-bond acceptors (Lipinski definition) is 2. The van der Waals surface area contributed by atoms with Gasteiger partial charge in [-0.15, -0.1) is 0 Å². The quantitative estimate of drug-likeness (QED) is 0.328. The van der Waals surface area contributed by atoms with Crippen molar-refractivity contribution in [3.8, 4) is 0 Å². The van der Waals surface area contributed by atoms with Gasteiger partial charge < -0.3 is 4.74 Å². The van der Waals surface area contributed by atoms with Gasteiger partial charge in [0.15, 0.2) is 0 Å². The second-order valence-corrected chi connectivity index (χ2v) is 8.17. The van der Waals surface area contributed by atoms with Crippen LogP contribution in [0.5, 0.6) is 0 Å². The fourth-order valence-corrected chi connectivity index (χ4v) is 6.29. The molecule has 2 heteroatoms. The number of esters is 1. The second kappa shape index (κ2) is 4.86. The second-order valence-electron chi connectivity index (χ2n) is 8.17. The molecule has 0 aliphatic heterocycles. The third-order valence-corrected chi connectivity index (χ3v) is 7.10. The maximum Gasteiger partial charge on any atom is 0.312 e. The fraction of sp³-hybridized carbons (Fsp3) is 0.842. The minimum Gasteiger partial charge on any atom is -0.465 e. The van der Waals surface area contributed by atoms with Crippen LogP contribution in [0.3, 0.4) is 0 Å². The standard InChI is InChI=1S/C19H28O2/c1-3-4-5-8-21-18(20)19(2)11-14-10-15(19)17-13-7-6-12(9-13)16(14)17/h6-7,12-17H,3-5,8-11H2,1-2H3. The summed E-state index contributed by atoms with van der Waals surface area (Å²) in [4.78, 5) is 12.7. The Balaban J connectivity index is 1.45. The summed E-state index contributed by atoms with van der Waals surface area (Å²) in [5.41, 5.74) is -0.184. The minimum atomic E-state index is -0.184. The molecule has 4 aliphatic rings. The van der Waals surface area contributed by atoms with E-state index in [0.29, 0.717) is 12.5 Å². The molecule has 0 spiro atoms. The maximum atomic E-state index is 12.7.